The van der Waals surface area contributed by atoms with E-state index >= 15 is 0 Å². The molecule has 0 saturated heterocycles. The number of benzene rings is 2. The van der Waals surface area contributed by atoms with Gasteiger partial charge in [0.15, 0.2) is 5.13 Å². The highest BCUT2D eigenvalue weighted by Gasteiger charge is 2.25. The number of thiazole rings is 1. The number of aromatic nitrogens is 1. The third kappa shape index (κ3) is 4.44. The quantitative estimate of drug-likeness (QED) is 0.629. The van der Waals surface area contributed by atoms with E-state index in [1.807, 2.05) is 62.4 Å². The molecule has 0 radical (unpaired) electrons. The summed E-state index contributed by atoms with van der Waals surface area (Å²) >= 11 is 1.40. The number of amides is 2. The van der Waals surface area contributed by atoms with Gasteiger partial charge in [0.05, 0.1) is 18.5 Å². The Morgan fingerprint density at radius 1 is 1.19 bits per heavy atom. The number of nitrogens with one attached hydrogen (secondary N) is 2. The number of nitrogens with zero attached hydrogens (tertiary/aromatic N) is 2. The number of anilines is 2. The van der Waals surface area contributed by atoms with E-state index in [4.69, 9.17) is 4.74 Å². The Hall–Kier alpha value is -3.65. The van der Waals surface area contributed by atoms with Gasteiger partial charge >= 0.3 is 0 Å². The molecule has 7 nitrogen and oxygen atoms in total. The normalized spacial score (nSPS) is 13.5. The second kappa shape index (κ2) is 8.61. The molecule has 0 aliphatic carbocycles. The third-order valence-corrected chi connectivity index (χ3v) is 5.73. The van der Waals surface area contributed by atoms with Crippen molar-refractivity contribution in [3.05, 3.63) is 70.7 Å². The molecule has 4 rings (SSSR count). The lowest BCUT2D eigenvalue weighted by atomic mass is 10.1. The average Bonchev–Trinajstić information content (AvgIpc) is 3.14. The molecule has 0 bridgehead atoms. The molecule has 0 unspecified atom stereocenters. The van der Waals surface area contributed by atoms with E-state index < -0.39 is 0 Å². The summed E-state index contributed by atoms with van der Waals surface area (Å²) in [6, 6.07) is 15.1. The van der Waals surface area contributed by atoms with Crippen molar-refractivity contribution in [2.45, 2.75) is 20.3 Å². The van der Waals surface area contributed by atoms with E-state index in [-0.39, 0.29) is 18.2 Å². The molecular weight excluding hydrogens is 412 g/mol. The monoisotopic (exact) mass is 434 g/mol. The van der Waals surface area contributed by atoms with Gasteiger partial charge in [-0.1, -0.05) is 12.1 Å². The van der Waals surface area contributed by atoms with E-state index in [1.54, 1.807) is 13.2 Å². The van der Waals surface area contributed by atoms with Crippen molar-refractivity contribution >= 4 is 34.0 Å². The van der Waals surface area contributed by atoms with Gasteiger partial charge in [-0.25, -0.2) is 9.99 Å². The summed E-state index contributed by atoms with van der Waals surface area (Å²) in [6.45, 7) is 3.91. The third-order valence-electron chi connectivity index (χ3n) is 4.85. The lowest BCUT2D eigenvalue weighted by molar-refractivity contribution is -0.119. The minimum absolute atomic E-state index is 0.131. The molecule has 2 N–H and O–H groups in total. The second-order valence-electron chi connectivity index (χ2n) is 7.11. The molecule has 0 spiro atoms. The Kier molecular flexibility index (Phi) is 5.73. The predicted molar refractivity (Wildman–Crippen MR) is 122 cm³/mol. The van der Waals surface area contributed by atoms with Crippen LogP contribution >= 0.6 is 11.3 Å². The number of carbonyl (C=O) groups is 2. The Labute approximate surface area is 184 Å². The summed E-state index contributed by atoms with van der Waals surface area (Å²) in [5.74, 6) is 0.294. The van der Waals surface area contributed by atoms with Crippen LogP contribution in [0.15, 0.2) is 60.3 Å². The van der Waals surface area contributed by atoms with Crippen molar-refractivity contribution in [3.8, 4) is 17.0 Å². The van der Waals surface area contributed by atoms with Crippen molar-refractivity contribution in [3.63, 3.8) is 0 Å². The van der Waals surface area contributed by atoms with Crippen molar-refractivity contribution in [2.75, 3.05) is 17.4 Å². The SMILES string of the molecule is COc1ccc(-c2nc(NC(=O)C3=CCC(=O)N(c4cccc(C)c4)N3)sc2C)cc1. The van der Waals surface area contributed by atoms with E-state index in [2.05, 4.69) is 15.7 Å². The zero-order valence-corrected chi connectivity index (χ0v) is 18.2. The first-order valence-corrected chi connectivity index (χ1v) is 10.6. The van der Waals surface area contributed by atoms with Crippen LogP contribution in [0.1, 0.15) is 16.9 Å². The number of rotatable bonds is 5. The molecule has 1 aliphatic heterocycles. The fourth-order valence-corrected chi connectivity index (χ4v) is 4.09. The molecule has 2 heterocycles. The Bertz CT molecular complexity index is 1170. The smallest absolute Gasteiger partial charge is 0.275 e. The highest BCUT2D eigenvalue weighted by molar-refractivity contribution is 7.16. The van der Waals surface area contributed by atoms with Crippen LogP contribution in [-0.4, -0.2) is 23.9 Å². The van der Waals surface area contributed by atoms with Gasteiger partial charge in [0.25, 0.3) is 5.91 Å². The first kappa shape index (κ1) is 20.6. The minimum Gasteiger partial charge on any atom is -0.497 e. The number of hydrazine groups is 1. The molecular formula is C23H22N4O3S. The highest BCUT2D eigenvalue weighted by atomic mass is 32.1. The summed E-state index contributed by atoms with van der Waals surface area (Å²) in [5, 5.41) is 4.73. The van der Waals surface area contributed by atoms with Crippen molar-refractivity contribution in [1.82, 2.24) is 10.4 Å². The molecule has 8 heteroatoms. The summed E-state index contributed by atoms with van der Waals surface area (Å²) in [4.78, 5) is 30.8. The fourth-order valence-electron chi connectivity index (χ4n) is 3.26. The van der Waals surface area contributed by atoms with Crippen molar-refractivity contribution in [2.24, 2.45) is 0 Å². The van der Waals surface area contributed by atoms with E-state index in [0.717, 1.165) is 27.4 Å². The van der Waals surface area contributed by atoms with Crippen molar-refractivity contribution < 1.29 is 14.3 Å². The van der Waals surface area contributed by atoms with Crippen LogP contribution in [0.3, 0.4) is 0 Å². The Morgan fingerprint density at radius 3 is 2.68 bits per heavy atom. The maximum absolute atomic E-state index is 12.8. The standard InChI is InChI=1S/C23H22N4O3S/c1-14-5-4-6-17(13-14)27-20(28)12-11-19(26-27)22(29)25-23-24-21(15(2)31-23)16-7-9-18(30-3)10-8-16/h4-11,13,26H,12H2,1-3H3,(H,24,25,29). The van der Waals surface area contributed by atoms with E-state index in [1.165, 1.54) is 16.3 Å². The first-order chi connectivity index (χ1) is 14.9. The fraction of sp³-hybridized carbons (Fsp3) is 0.174. The molecule has 2 amide bonds. The van der Waals surface area contributed by atoms with Gasteiger partial charge in [0, 0.05) is 16.9 Å². The Morgan fingerprint density at radius 2 is 1.97 bits per heavy atom. The molecule has 0 fully saturated rings. The van der Waals surface area contributed by atoms with Crippen LogP contribution in [0.25, 0.3) is 11.3 Å². The topological polar surface area (TPSA) is 83.6 Å². The van der Waals surface area contributed by atoms with Gasteiger partial charge in [-0.15, -0.1) is 11.3 Å². The van der Waals surface area contributed by atoms with Crippen LogP contribution in [0.5, 0.6) is 5.75 Å². The molecule has 2 aromatic carbocycles. The second-order valence-corrected chi connectivity index (χ2v) is 8.31. The maximum Gasteiger partial charge on any atom is 0.275 e. The van der Waals surface area contributed by atoms with Gasteiger partial charge in [-0.2, -0.15) is 0 Å². The van der Waals surface area contributed by atoms with Crippen LogP contribution in [0.2, 0.25) is 0 Å². The first-order valence-electron chi connectivity index (χ1n) is 9.74. The molecule has 3 aromatic rings. The summed E-state index contributed by atoms with van der Waals surface area (Å²) < 4.78 is 5.20. The number of hydrogen-bond acceptors (Lipinski definition) is 6. The molecule has 31 heavy (non-hydrogen) atoms. The van der Waals surface area contributed by atoms with Crippen molar-refractivity contribution in [1.29, 1.82) is 0 Å². The summed E-state index contributed by atoms with van der Waals surface area (Å²) in [5.41, 5.74) is 6.70. The van der Waals surface area contributed by atoms with Gasteiger partial charge in [0.2, 0.25) is 5.91 Å². The summed E-state index contributed by atoms with van der Waals surface area (Å²) in [6.07, 6.45) is 1.73. The van der Waals surface area contributed by atoms with E-state index in [9.17, 15) is 9.59 Å². The van der Waals surface area contributed by atoms with Gasteiger partial charge in [-0.05, 0) is 61.9 Å². The van der Waals surface area contributed by atoms with Crippen LogP contribution in [0.4, 0.5) is 10.8 Å². The lowest BCUT2D eigenvalue weighted by Gasteiger charge is -2.28. The van der Waals surface area contributed by atoms with Crippen LogP contribution < -0.4 is 20.5 Å². The summed E-state index contributed by atoms with van der Waals surface area (Å²) in [7, 11) is 1.62. The minimum atomic E-state index is -0.347. The number of carbonyl (C=O) groups excluding carboxylic acids is 2. The zero-order valence-electron chi connectivity index (χ0n) is 17.4. The predicted octanol–water partition coefficient (Wildman–Crippen LogP) is 4.20. The van der Waals surface area contributed by atoms with Gasteiger partial charge < -0.3 is 4.74 Å². The zero-order chi connectivity index (χ0) is 22.0. The number of methoxy groups -OCH3 is 1. The molecule has 0 saturated carbocycles. The number of ether oxygens (including phenoxy) is 1. The molecule has 1 aliphatic rings. The average molecular weight is 435 g/mol. The maximum atomic E-state index is 12.8. The van der Waals surface area contributed by atoms with E-state index in [0.29, 0.717) is 16.5 Å². The lowest BCUT2D eigenvalue weighted by Crippen LogP contribution is -2.47. The van der Waals surface area contributed by atoms with Crippen LogP contribution in [-0.2, 0) is 9.59 Å². The largest absolute Gasteiger partial charge is 0.497 e. The molecule has 0 atom stereocenters. The van der Waals surface area contributed by atoms with Gasteiger partial charge in [-0.3, -0.25) is 20.3 Å². The molecule has 158 valence electrons. The number of hydrogen-bond donors (Lipinski definition) is 2. The highest BCUT2D eigenvalue weighted by Crippen LogP contribution is 2.31. The molecule has 1 aromatic heterocycles. The number of aryl methyl sites for hydroxylation is 2. The Balaban J connectivity index is 1.50. The van der Waals surface area contributed by atoms with Gasteiger partial charge in [0.1, 0.15) is 11.4 Å². The van der Waals surface area contributed by atoms with Crippen LogP contribution in [0, 0.1) is 13.8 Å².